The van der Waals surface area contributed by atoms with Crippen LogP contribution in [0.1, 0.15) is 10.4 Å². The molecule has 6 nitrogen and oxygen atoms in total. The minimum atomic E-state index is -0.382. The molecular formula is C14H13N3O3S. The van der Waals surface area contributed by atoms with E-state index in [0.29, 0.717) is 11.4 Å². The van der Waals surface area contributed by atoms with Crippen molar-refractivity contribution in [2.75, 3.05) is 11.9 Å². The first-order chi connectivity index (χ1) is 10.0. The number of carbonyl (C=O) groups excluding carboxylic acids is 1. The molecule has 1 amide bonds. The summed E-state index contributed by atoms with van der Waals surface area (Å²) in [5, 5.41) is 2.68. The van der Waals surface area contributed by atoms with Crippen LogP contribution in [0.5, 0.6) is 5.75 Å². The number of pyridine rings is 1. The molecule has 0 bridgehead atoms. The van der Waals surface area contributed by atoms with Crippen molar-refractivity contribution in [3.8, 4) is 5.75 Å². The second kappa shape index (κ2) is 6.67. The number of anilines is 1. The summed E-state index contributed by atoms with van der Waals surface area (Å²) in [5.74, 6) is 0.152. The van der Waals surface area contributed by atoms with Crippen LogP contribution in [0, 0.1) is 0 Å². The number of H-pyrrole nitrogens is 1. The van der Waals surface area contributed by atoms with Crippen molar-refractivity contribution in [1.82, 2.24) is 4.98 Å². The van der Waals surface area contributed by atoms with Gasteiger partial charge < -0.3 is 20.8 Å². The molecule has 4 N–H and O–H groups in total. The molecule has 0 aliphatic heterocycles. The van der Waals surface area contributed by atoms with Crippen LogP contribution in [-0.4, -0.2) is 22.5 Å². The predicted octanol–water partition coefficient (Wildman–Crippen LogP) is 1.29. The van der Waals surface area contributed by atoms with Gasteiger partial charge >= 0.3 is 0 Å². The first kappa shape index (κ1) is 14.7. The molecule has 1 heterocycles. The van der Waals surface area contributed by atoms with E-state index >= 15 is 0 Å². The first-order valence-corrected chi connectivity index (χ1v) is 6.47. The molecule has 2 aromatic rings. The van der Waals surface area contributed by atoms with Crippen molar-refractivity contribution < 1.29 is 9.53 Å². The Kier molecular flexibility index (Phi) is 4.68. The zero-order valence-electron chi connectivity index (χ0n) is 11.0. The van der Waals surface area contributed by atoms with Gasteiger partial charge in [-0.1, -0.05) is 18.3 Å². The molecule has 1 aromatic heterocycles. The largest absolute Gasteiger partial charge is 0.486 e. The van der Waals surface area contributed by atoms with Crippen LogP contribution in [0.3, 0.4) is 0 Å². The Labute approximate surface area is 125 Å². The second-order valence-electron chi connectivity index (χ2n) is 4.18. The van der Waals surface area contributed by atoms with Crippen molar-refractivity contribution in [2.24, 2.45) is 5.73 Å². The van der Waals surface area contributed by atoms with Crippen LogP contribution >= 0.6 is 12.2 Å². The maximum atomic E-state index is 12.0. The molecule has 0 aliphatic carbocycles. The lowest BCUT2D eigenvalue weighted by molar-refractivity contribution is 0.102. The molecule has 0 spiro atoms. The Balaban J connectivity index is 2.09. The number of hydrogen-bond donors (Lipinski definition) is 3. The minimum Gasteiger partial charge on any atom is -0.486 e. The molecular weight excluding hydrogens is 290 g/mol. The third-order valence-corrected chi connectivity index (χ3v) is 2.63. The smallest absolute Gasteiger partial charge is 0.255 e. The van der Waals surface area contributed by atoms with E-state index in [0.717, 1.165) is 0 Å². The minimum absolute atomic E-state index is 0.126. The summed E-state index contributed by atoms with van der Waals surface area (Å²) in [4.78, 5) is 25.9. The number of rotatable bonds is 5. The van der Waals surface area contributed by atoms with Gasteiger partial charge in [0, 0.05) is 29.6 Å². The molecule has 0 saturated heterocycles. The fraction of sp³-hybridized carbons (Fsp3) is 0.0714. The third kappa shape index (κ3) is 4.43. The van der Waals surface area contributed by atoms with Gasteiger partial charge in [-0.3, -0.25) is 9.59 Å². The van der Waals surface area contributed by atoms with Gasteiger partial charge in [0.1, 0.15) is 17.3 Å². The van der Waals surface area contributed by atoms with E-state index in [1.165, 1.54) is 18.3 Å². The van der Waals surface area contributed by atoms with Gasteiger partial charge in [0.2, 0.25) is 5.56 Å². The van der Waals surface area contributed by atoms with Gasteiger partial charge in [-0.2, -0.15) is 0 Å². The fourth-order valence-corrected chi connectivity index (χ4v) is 1.67. The summed E-state index contributed by atoms with van der Waals surface area (Å²) >= 11 is 4.72. The number of amides is 1. The lowest BCUT2D eigenvalue weighted by Gasteiger charge is -2.08. The molecule has 1 aromatic carbocycles. The summed E-state index contributed by atoms with van der Waals surface area (Å²) in [6.45, 7) is 0.126. The quantitative estimate of drug-likeness (QED) is 0.723. The number of benzene rings is 1. The van der Waals surface area contributed by atoms with E-state index in [2.05, 4.69) is 10.3 Å². The van der Waals surface area contributed by atoms with Crippen LogP contribution in [-0.2, 0) is 0 Å². The lowest BCUT2D eigenvalue weighted by Crippen LogP contribution is -2.18. The zero-order chi connectivity index (χ0) is 15.2. The van der Waals surface area contributed by atoms with Crippen molar-refractivity contribution in [3.63, 3.8) is 0 Å². The van der Waals surface area contributed by atoms with Crippen molar-refractivity contribution in [1.29, 1.82) is 0 Å². The number of ether oxygens (including phenoxy) is 1. The highest BCUT2D eigenvalue weighted by Gasteiger charge is 2.07. The zero-order valence-corrected chi connectivity index (χ0v) is 11.8. The Morgan fingerprint density at radius 1 is 1.33 bits per heavy atom. The molecule has 108 valence electrons. The van der Waals surface area contributed by atoms with Gasteiger partial charge in [0.05, 0.1) is 0 Å². The highest BCUT2D eigenvalue weighted by Crippen LogP contribution is 2.17. The summed E-state index contributed by atoms with van der Waals surface area (Å²) < 4.78 is 5.34. The maximum Gasteiger partial charge on any atom is 0.255 e. The van der Waals surface area contributed by atoms with Crippen LogP contribution in [0.15, 0.2) is 47.4 Å². The van der Waals surface area contributed by atoms with Gasteiger partial charge in [0.25, 0.3) is 5.91 Å². The normalized spacial score (nSPS) is 9.90. The highest BCUT2D eigenvalue weighted by molar-refractivity contribution is 7.80. The molecule has 7 heteroatoms. The SMILES string of the molecule is NC(=S)COc1cccc(NC(=O)c2cc[nH]c(=O)c2)c1. The van der Waals surface area contributed by atoms with Crippen LogP contribution < -0.4 is 21.3 Å². The Morgan fingerprint density at radius 3 is 2.86 bits per heavy atom. The third-order valence-electron chi connectivity index (χ3n) is 2.51. The number of carbonyl (C=O) groups is 1. The summed E-state index contributed by atoms with van der Waals surface area (Å²) in [5.41, 5.74) is 5.83. The Hall–Kier alpha value is -2.67. The summed E-state index contributed by atoms with van der Waals surface area (Å²) in [6, 6.07) is 9.54. The maximum absolute atomic E-state index is 12.0. The van der Waals surface area contributed by atoms with Crippen molar-refractivity contribution >= 4 is 28.8 Å². The summed E-state index contributed by atoms with van der Waals surface area (Å²) in [7, 11) is 0. The number of aromatic nitrogens is 1. The number of nitrogens with one attached hydrogen (secondary N) is 2. The fourth-order valence-electron chi connectivity index (χ4n) is 1.61. The average Bonchev–Trinajstić information content (AvgIpc) is 2.45. The van der Waals surface area contributed by atoms with Crippen LogP contribution in [0.2, 0.25) is 0 Å². The molecule has 2 rings (SSSR count). The molecule has 0 saturated carbocycles. The molecule has 21 heavy (non-hydrogen) atoms. The van der Waals surface area contributed by atoms with Gasteiger partial charge in [0.15, 0.2) is 0 Å². The van der Waals surface area contributed by atoms with E-state index in [1.807, 2.05) is 0 Å². The van der Waals surface area contributed by atoms with Gasteiger partial charge in [-0.15, -0.1) is 0 Å². The van der Waals surface area contributed by atoms with Crippen molar-refractivity contribution in [2.45, 2.75) is 0 Å². The number of nitrogens with two attached hydrogens (primary N) is 1. The lowest BCUT2D eigenvalue weighted by atomic mass is 10.2. The van der Waals surface area contributed by atoms with E-state index in [4.69, 9.17) is 22.7 Å². The van der Waals surface area contributed by atoms with E-state index in [9.17, 15) is 9.59 Å². The van der Waals surface area contributed by atoms with E-state index in [-0.39, 0.29) is 28.6 Å². The molecule has 0 radical (unpaired) electrons. The number of hydrogen-bond acceptors (Lipinski definition) is 4. The average molecular weight is 303 g/mol. The summed E-state index contributed by atoms with van der Waals surface area (Å²) in [6.07, 6.45) is 1.42. The predicted molar refractivity (Wildman–Crippen MR) is 83.7 cm³/mol. The monoisotopic (exact) mass is 303 g/mol. The van der Waals surface area contributed by atoms with Gasteiger partial charge in [-0.05, 0) is 18.2 Å². The van der Waals surface area contributed by atoms with E-state index < -0.39 is 0 Å². The number of aromatic amines is 1. The topological polar surface area (TPSA) is 97.2 Å². The number of thiocarbonyl (C=S) groups is 1. The van der Waals surface area contributed by atoms with Crippen LogP contribution in [0.25, 0.3) is 0 Å². The Morgan fingerprint density at radius 2 is 2.14 bits per heavy atom. The standard InChI is InChI=1S/C14H13N3O3S/c15-12(21)8-20-11-3-1-2-10(7-11)17-14(19)9-4-5-16-13(18)6-9/h1-7H,8H2,(H2,15,21)(H,16,18)(H,17,19). The molecule has 0 atom stereocenters. The molecule has 0 unspecified atom stereocenters. The molecule has 0 fully saturated rings. The van der Waals surface area contributed by atoms with Gasteiger partial charge in [-0.25, -0.2) is 0 Å². The van der Waals surface area contributed by atoms with E-state index in [1.54, 1.807) is 24.3 Å². The van der Waals surface area contributed by atoms with Crippen LogP contribution in [0.4, 0.5) is 5.69 Å². The van der Waals surface area contributed by atoms with Crippen molar-refractivity contribution in [3.05, 3.63) is 58.5 Å². The highest BCUT2D eigenvalue weighted by atomic mass is 32.1. The first-order valence-electron chi connectivity index (χ1n) is 6.06. The molecule has 0 aliphatic rings. The second-order valence-corrected chi connectivity index (χ2v) is 4.70. The Bertz CT molecular complexity index is 727.